The maximum absolute atomic E-state index is 5.20. The van der Waals surface area contributed by atoms with Gasteiger partial charge in [-0.3, -0.25) is 4.90 Å². The lowest BCUT2D eigenvalue weighted by Crippen LogP contribution is -2.47. The van der Waals surface area contributed by atoms with Crippen molar-refractivity contribution < 1.29 is 4.74 Å². The number of ether oxygens (including phenoxy) is 1. The molecule has 0 bridgehead atoms. The van der Waals surface area contributed by atoms with Crippen molar-refractivity contribution in [1.29, 1.82) is 0 Å². The van der Waals surface area contributed by atoms with Crippen molar-refractivity contribution in [2.24, 2.45) is 0 Å². The van der Waals surface area contributed by atoms with E-state index in [0.717, 1.165) is 56.4 Å². The predicted octanol–water partition coefficient (Wildman–Crippen LogP) is 2.16. The highest BCUT2D eigenvalue weighted by molar-refractivity contribution is 5.37. The van der Waals surface area contributed by atoms with Gasteiger partial charge in [-0.25, -0.2) is 0 Å². The molecule has 0 unspecified atom stereocenters. The van der Waals surface area contributed by atoms with Crippen LogP contribution in [0.4, 0.5) is 5.82 Å². The van der Waals surface area contributed by atoms with E-state index >= 15 is 0 Å². The molecule has 23 heavy (non-hydrogen) atoms. The Morgan fingerprint density at radius 2 is 1.70 bits per heavy atom. The van der Waals surface area contributed by atoms with Gasteiger partial charge in [-0.2, -0.15) is 5.10 Å². The maximum Gasteiger partial charge on any atom is 0.151 e. The van der Waals surface area contributed by atoms with E-state index in [1.807, 2.05) is 25.1 Å². The highest BCUT2D eigenvalue weighted by Crippen LogP contribution is 2.14. The summed E-state index contributed by atoms with van der Waals surface area (Å²) >= 11 is 0. The van der Waals surface area contributed by atoms with Crippen LogP contribution in [-0.4, -0.2) is 54.9 Å². The number of anilines is 1. The second-order valence-corrected chi connectivity index (χ2v) is 5.96. The Hall–Kier alpha value is -2.14. The van der Waals surface area contributed by atoms with Crippen molar-refractivity contribution >= 4 is 5.82 Å². The summed E-state index contributed by atoms with van der Waals surface area (Å²) in [4.78, 5) is 4.83. The van der Waals surface area contributed by atoms with Crippen LogP contribution in [0.1, 0.15) is 11.3 Å². The molecule has 0 radical (unpaired) electrons. The number of benzene rings is 1. The second-order valence-electron chi connectivity index (χ2n) is 5.96. The first-order valence-corrected chi connectivity index (χ1v) is 8.15. The number of hydrogen-bond acceptors (Lipinski definition) is 5. The molecule has 0 saturated carbocycles. The van der Waals surface area contributed by atoms with E-state index in [4.69, 9.17) is 4.74 Å². The van der Waals surface area contributed by atoms with Crippen molar-refractivity contribution in [3.63, 3.8) is 0 Å². The Bertz CT molecular complexity index is 604. The fourth-order valence-corrected chi connectivity index (χ4v) is 2.84. The molecule has 0 atom stereocenters. The van der Waals surface area contributed by atoms with E-state index in [9.17, 15) is 0 Å². The normalized spacial score (nSPS) is 15.7. The van der Waals surface area contributed by atoms with Gasteiger partial charge in [0, 0.05) is 32.7 Å². The summed E-state index contributed by atoms with van der Waals surface area (Å²) < 4.78 is 5.20. The standard InChI is InChI=1S/C18H24N4O/c1-15-3-8-18(20-19-15)22-13-11-21(12-14-22)10-9-16-4-6-17(23-2)7-5-16/h3-8H,9-14H2,1-2H3. The van der Waals surface area contributed by atoms with Gasteiger partial charge in [-0.1, -0.05) is 12.1 Å². The van der Waals surface area contributed by atoms with Crippen LogP contribution in [0.5, 0.6) is 5.75 Å². The third-order valence-corrected chi connectivity index (χ3v) is 4.36. The zero-order valence-corrected chi connectivity index (χ0v) is 13.9. The number of rotatable bonds is 5. The number of methoxy groups -OCH3 is 1. The second kappa shape index (κ2) is 7.42. The first kappa shape index (κ1) is 15.7. The van der Waals surface area contributed by atoms with E-state index in [0.29, 0.717) is 0 Å². The van der Waals surface area contributed by atoms with Gasteiger partial charge < -0.3 is 9.64 Å². The summed E-state index contributed by atoms with van der Waals surface area (Å²) in [6, 6.07) is 12.5. The Morgan fingerprint density at radius 3 is 2.30 bits per heavy atom. The Balaban J connectivity index is 1.46. The molecule has 0 spiro atoms. The minimum atomic E-state index is 0.918. The molecule has 5 nitrogen and oxygen atoms in total. The zero-order chi connectivity index (χ0) is 16.1. The van der Waals surface area contributed by atoms with Crippen LogP contribution in [0.25, 0.3) is 0 Å². The summed E-state index contributed by atoms with van der Waals surface area (Å²) in [5.74, 6) is 1.91. The van der Waals surface area contributed by atoms with Gasteiger partial charge >= 0.3 is 0 Å². The molecule has 1 aliphatic heterocycles. The third kappa shape index (κ3) is 4.20. The Morgan fingerprint density at radius 1 is 0.957 bits per heavy atom. The molecule has 1 fully saturated rings. The summed E-state index contributed by atoms with van der Waals surface area (Å²) in [5.41, 5.74) is 2.32. The molecular formula is C18H24N4O. The zero-order valence-electron chi connectivity index (χ0n) is 13.9. The van der Waals surface area contributed by atoms with E-state index in [2.05, 4.69) is 38.2 Å². The molecule has 1 aromatic carbocycles. The van der Waals surface area contributed by atoms with Crippen molar-refractivity contribution in [2.75, 3.05) is 44.7 Å². The summed E-state index contributed by atoms with van der Waals surface area (Å²) in [5, 5.41) is 8.43. The topological polar surface area (TPSA) is 41.5 Å². The fraction of sp³-hybridized carbons (Fsp3) is 0.444. The lowest BCUT2D eigenvalue weighted by atomic mass is 10.1. The molecule has 0 amide bonds. The van der Waals surface area contributed by atoms with Gasteiger partial charge in [-0.15, -0.1) is 5.10 Å². The lowest BCUT2D eigenvalue weighted by Gasteiger charge is -2.35. The monoisotopic (exact) mass is 312 g/mol. The number of aromatic nitrogens is 2. The van der Waals surface area contributed by atoms with Crippen molar-refractivity contribution in [3.05, 3.63) is 47.7 Å². The van der Waals surface area contributed by atoms with E-state index in [1.54, 1.807) is 7.11 Å². The largest absolute Gasteiger partial charge is 0.497 e. The molecule has 0 aliphatic carbocycles. The molecule has 2 heterocycles. The number of nitrogens with zero attached hydrogens (tertiary/aromatic N) is 4. The van der Waals surface area contributed by atoms with Crippen molar-refractivity contribution in [2.45, 2.75) is 13.3 Å². The van der Waals surface area contributed by atoms with Crippen LogP contribution in [0, 0.1) is 6.92 Å². The SMILES string of the molecule is COc1ccc(CCN2CCN(c3ccc(C)nn3)CC2)cc1. The predicted molar refractivity (Wildman–Crippen MR) is 92.1 cm³/mol. The highest BCUT2D eigenvalue weighted by atomic mass is 16.5. The van der Waals surface area contributed by atoms with Crippen LogP contribution in [-0.2, 0) is 6.42 Å². The van der Waals surface area contributed by atoms with Crippen LogP contribution < -0.4 is 9.64 Å². The smallest absolute Gasteiger partial charge is 0.151 e. The molecule has 1 saturated heterocycles. The first-order valence-electron chi connectivity index (χ1n) is 8.15. The maximum atomic E-state index is 5.20. The summed E-state index contributed by atoms with van der Waals surface area (Å²) in [6.45, 7) is 7.24. The molecule has 1 aromatic heterocycles. The van der Waals surface area contributed by atoms with Crippen LogP contribution in [0.15, 0.2) is 36.4 Å². The van der Waals surface area contributed by atoms with Crippen LogP contribution in [0.3, 0.4) is 0 Å². The van der Waals surface area contributed by atoms with Crippen LogP contribution >= 0.6 is 0 Å². The minimum absolute atomic E-state index is 0.918. The van der Waals surface area contributed by atoms with Gasteiger partial charge in [0.15, 0.2) is 5.82 Å². The lowest BCUT2D eigenvalue weighted by molar-refractivity contribution is 0.260. The van der Waals surface area contributed by atoms with Crippen molar-refractivity contribution in [3.8, 4) is 5.75 Å². The van der Waals surface area contributed by atoms with Crippen molar-refractivity contribution in [1.82, 2.24) is 15.1 Å². The molecule has 0 N–H and O–H groups in total. The highest BCUT2D eigenvalue weighted by Gasteiger charge is 2.17. The van der Waals surface area contributed by atoms with Gasteiger partial charge in [0.1, 0.15) is 5.75 Å². The molecule has 1 aliphatic rings. The quantitative estimate of drug-likeness (QED) is 0.846. The Labute approximate surface area is 137 Å². The van der Waals surface area contributed by atoms with E-state index < -0.39 is 0 Å². The molecule has 5 heteroatoms. The van der Waals surface area contributed by atoms with E-state index in [-0.39, 0.29) is 0 Å². The average Bonchev–Trinajstić information content (AvgIpc) is 2.61. The van der Waals surface area contributed by atoms with Crippen LogP contribution in [0.2, 0.25) is 0 Å². The number of piperazine rings is 1. The summed E-state index contributed by atoms with van der Waals surface area (Å²) in [7, 11) is 1.70. The first-order chi connectivity index (χ1) is 11.2. The molecular weight excluding hydrogens is 288 g/mol. The Kier molecular flexibility index (Phi) is 5.08. The minimum Gasteiger partial charge on any atom is -0.497 e. The van der Waals surface area contributed by atoms with E-state index in [1.165, 1.54) is 5.56 Å². The van der Waals surface area contributed by atoms with Gasteiger partial charge in [0.05, 0.1) is 12.8 Å². The fourth-order valence-electron chi connectivity index (χ4n) is 2.84. The molecule has 122 valence electrons. The van der Waals surface area contributed by atoms with Gasteiger partial charge in [0.2, 0.25) is 0 Å². The molecule has 2 aromatic rings. The van der Waals surface area contributed by atoms with Gasteiger partial charge in [0.25, 0.3) is 0 Å². The summed E-state index contributed by atoms with van der Waals surface area (Å²) in [6.07, 6.45) is 1.08. The van der Waals surface area contributed by atoms with Gasteiger partial charge in [-0.05, 0) is 43.2 Å². The number of hydrogen-bond donors (Lipinski definition) is 0. The molecule has 3 rings (SSSR count). The third-order valence-electron chi connectivity index (χ3n) is 4.36. The average molecular weight is 312 g/mol. The number of aryl methyl sites for hydroxylation is 1.